The van der Waals surface area contributed by atoms with Crippen LogP contribution in [0, 0.1) is 11.8 Å². The van der Waals surface area contributed by atoms with Crippen molar-refractivity contribution in [2.45, 2.75) is 89.9 Å². The van der Waals surface area contributed by atoms with E-state index in [4.69, 9.17) is 9.47 Å². The number of nitrogens with zero attached hydrogens (tertiary/aromatic N) is 1. The molecule has 3 rings (SSSR count). The van der Waals surface area contributed by atoms with Crippen molar-refractivity contribution in [1.29, 1.82) is 0 Å². The summed E-state index contributed by atoms with van der Waals surface area (Å²) in [6.45, 7) is 7.75. The molecule has 27 heavy (non-hydrogen) atoms. The lowest BCUT2D eigenvalue weighted by Gasteiger charge is -2.53. The highest BCUT2D eigenvalue weighted by atomic mass is 16.6. The molecule has 0 aromatic rings. The quantitative estimate of drug-likeness (QED) is 0.811. The SMILES string of the molecule is CCOC(=O)N1CCC2(CC1)C[C@@H](NC(=O)CC(C)C)[C@@H]1CCCC[C@H]1O2. The van der Waals surface area contributed by atoms with Gasteiger partial charge in [-0.2, -0.15) is 0 Å². The standard InChI is InChI=1S/C21H36N2O4/c1-4-26-20(25)23-11-9-21(10-12-23)14-17(22-19(24)13-15(2)3)16-7-5-6-8-18(16)27-21/h15-18H,4-14H2,1-3H3,(H,22,24)/t16-,17+,18+/m0/s1. The van der Waals surface area contributed by atoms with E-state index in [0.29, 0.717) is 38.0 Å². The Labute approximate surface area is 163 Å². The number of piperidine rings is 1. The number of carbonyl (C=O) groups is 2. The van der Waals surface area contributed by atoms with Crippen molar-refractivity contribution in [3.8, 4) is 0 Å². The van der Waals surface area contributed by atoms with Gasteiger partial charge in [0.25, 0.3) is 0 Å². The van der Waals surface area contributed by atoms with Crippen molar-refractivity contribution in [2.24, 2.45) is 11.8 Å². The van der Waals surface area contributed by atoms with Crippen molar-refractivity contribution < 1.29 is 19.1 Å². The van der Waals surface area contributed by atoms with Crippen LogP contribution in [0.2, 0.25) is 0 Å². The molecule has 6 nitrogen and oxygen atoms in total. The Bertz CT molecular complexity index is 528. The fourth-order valence-electron chi connectivity index (χ4n) is 5.08. The zero-order valence-electron chi connectivity index (χ0n) is 17.2. The van der Waals surface area contributed by atoms with Crippen LogP contribution in [0.3, 0.4) is 0 Å². The Morgan fingerprint density at radius 1 is 1.22 bits per heavy atom. The molecule has 2 amide bonds. The molecule has 3 atom stereocenters. The molecule has 1 saturated carbocycles. The topological polar surface area (TPSA) is 67.9 Å². The average molecular weight is 381 g/mol. The van der Waals surface area contributed by atoms with Crippen LogP contribution < -0.4 is 5.32 Å². The Kier molecular flexibility index (Phi) is 6.66. The largest absolute Gasteiger partial charge is 0.450 e. The highest BCUT2D eigenvalue weighted by Gasteiger charge is 2.49. The van der Waals surface area contributed by atoms with E-state index in [-0.39, 0.29) is 29.7 Å². The van der Waals surface area contributed by atoms with E-state index in [1.54, 1.807) is 4.90 Å². The minimum Gasteiger partial charge on any atom is -0.450 e. The molecule has 0 aromatic carbocycles. The van der Waals surface area contributed by atoms with Crippen molar-refractivity contribution in [3.05, 3.63) is 0 Å². The van der Waals surface area contributed by atoms with Gasteiger partial charge in [-0.3, -0.25) is 4.79 Å². The number of ether oxygens (including phenoxy) is 2. The number of amides is 2. The molecule has 1 aliphatic carbocycles. The van der Waals surface area contributed by atoms with Crippen LogP contribution in [0.15, 0.2) is 0 Å². The van der Waals surface area contributed by atoms with Crippen molar-refractivity contribution in [2.75, 3.05) is 19.7 Å². The molecule has 1 N–H and O–H groups in total. The van der Waals surface area contributed by atoms with Crippen LogP contribution in [0.5, 0.6) is 0 Å². The zero-order chi connectivity index (χ0) is 19.4. The van der Waals surface area contributed by atoms with Gasteiger partial charge in [0.05, 0.1) is 18.3 Å². The van der Waals surface area contributed by atoms with Crippen LogP contribution in [0.4, 0.5) is 4.79 Å². The first-order valence-electron chi connectivity index (χ1n) is 10.8. The molecular formula is C21H36N2O4. The highest BCUT2D eigenvalue weighted by molar-refractivity contribution is 5.76. The summed E-state index contributed by atoms with van der Waals surface area (Å²) >= 11 is 0. The Balaban J connectivity index is 1.66. The third-order valence-electron chi connectivity index (χ3n) is 6.40. The second kappa shape index (κ2) is 8.80. The fraction of sp³-hybridized carbons (Fsp3) is 0.905. The summed E-state index contributed by atoms with van der Waals surface area (Å²) in [6.07, 6.45) is 7.78. The smallest absolute Gasteiger partial charge is 0.409 e. The molecule has 154 valence electrons. The van der Waals surface area contributed by atoms with Crippen molar-refractivity contribution in [3.63, 3.8) is 0 Å². The summed E-state index contributed by atoms with van der Waals surface area (Å²) in [5.74, 6) is 0.970. The number of likely N-dealkylation sites (tertiary alicyclic amines) is 1. The molecule has 3 aliphatic rings. The lowest BCUT2D eigenvalue weighted by Crippen LogP contribution is -2.61. The summed E-state index contributed by atoms with van der Waals surface area (Å²) in [7, 11) is 0. The summed E-state index contributed by atoms with van der Waals surface area (Å²) in [4.78, 5) is 26.3. The summed E-state index contributed by atoms with van der Waals surface area (Å²) in [5.41, 5.74) is -0.211. The van der Waals surface area contributed by atoms with Gasteiger partial charge in [0.15, 0.2) is 0 Å². The predicted octanol–water partition coefficient (Wildman–Crippen LogP) is 3.49. The van der Waals surface area contributed by atoms with Gasteiger partial charge in [-0.1, -0.05) is 26.7 Å². The minimum atomic E-state index is -0.222. The van der Waals surface area contributed by atoms with Gasteiger partial charge in [0, 0.05) is 31.5 Å². The number of fused-ring (bicyclic) bond motifs is 1. The summed E-state index contributed by atoms with van der Waals surface area (Å²) < 4.78 is 11.8. The van der Waals surface area contributed by atoms with Crippen molar-refractivity contribution >= 4 is 12.0 Å². The van der Waals surface area contributed by atoms with Gasteiger partial charge >= 0.3 is 6.09 Å². The first-order chi connectivity index (χ1) is 12.9. The molecule has 0 bridgehead atoms. The molecule has 6 heteroatoms. The Morgan fingerprint density at radius 2 is 1.93 bits per heavy atom. The molecule has 2 aliphatic heterocycles. The minimum absolute atomic E-state index is 0.167. The molecule has 1 spiro atoms. The Hall–Kier alpha value is -1.30. The van der Waals surface area contributed by atoms with E-state index in [1.165, 1.54) is 12.8 Å². The molecule has 2 saturated heterocycles. The summed E-state index contributed by atoms with van der Waals surface area (Å²) in [6, 6.07) is 0.199. The second-order valence-corrected chi connectivity index (χ2v) is 8.95. The number of hydrogen-bond donors (Lipinski definition) is 1. The van der Waals surface area contributed by atoms with E-state index >= 15 is 0 Å². The number of carbonyl (C=O) groups excluding carboxylic acids is 2. The van der Waals surface area contributed by atoms with Gasteiger partial charge in [-0.25, -0.2) is 4.79 Å². The lowest BCUT2D eigenvalue weighted by molar-refractivity contribution is -0.192. The molecule has 0 aromatic heterocycles. The number of hydrogen-bond acceptors (Lipinski definition) is 4. The van der Waals surface area contributed by atoms with Crippen LogP contribution in [0.25, 0.3) is 0 Å². The highest BCUT2D eigenvalue weighted by Crippen LogP contribution is 2.44. The number of nitrogens with one attached hydrogen (secondary N) is 1. The van der Waals surface area contributed by atoms with Gasteiger partial charge in [0.1, 0.15) is 0 Å². The van der Waals surface area contributed by atoms with Gasteiger partial charge in [-0.05, 0) is 44.9 Å². The zero-order valence-corrected chi connectivity index (χ0v) is 17.2. The lowest BCUT2D eigenvalue weighted by atomic mass is 9.71. The monoisotopic (exact) mass is 380 g/mol. The normalized spacial score (nSPS) is 30.1. The van der Waals surface area contributed by atoms with E-state index in [2.05, 4.69) is 19.2 Å². The Morgan fingerprint density at radius 3 is 2.59 bits per heavy atom. The van der Waals surface area contributed by atoms with E-state index in [9.17, 15) is 9.59 Å². The molecule has 0 radical (unpaired) electrons. The molecular weight excluding hydrogens is 344 g/mol. The van der Waals surface area contributed by atoms with Crippen LogP contribution in [0.1, 0.15) is 72.1 Å². The van der Waals surface area contributed by atoms with E-state index in [1.807, 2.05) is 6.92 Å². The van der Waals surface area contributed by atoms with Crippen LogP contribution in [-0.2, 0) is 14.3 Å². The predicted molar refractivity (Wildman–Crippen MR) is 103 cm³/mol. The summed E-state index contributed by atoms with van der Waals surface area (Å²) in [5, 5.41) is 3.35. The first kappa shape index (κ1) is 20.4. The average Bonchev–Trinajstić information content (AvgIpc) is 2.61. The maximum absolute atomic E-state index is 12.5. The third-order valence-corrected chi connectivity index (χ3v) is 6.40. The second-order valence-electron chi connectivity index (χ2n) is 8.95. The molecule has 2 heterocycles. The molecule has 3 fully saturated rings. The van der Waals surface area contributed by atoms with Crippen LogP contribution in [-0.4, -0.2) is 54.3 Å². The maximum Gasteiger partial charge on any atom is 0.409 e. The van der Waals surface area contributed by atoms with E-state index in [0.717, 1.165) is 32.1 Å². The van der Waals surface area contributed by atoms with Gasteiger partial charge in [0.2, 0.25) is 5.91 Å². The van der Waals surface area contributed by atoms with Gasteiger partial charge in [-0.15, -0.1) is 0 Å². The number of rotatable bonds is 4. The first-order valence-corrected chi connectivity index (χ1v) is 10.8. The van der Waals surface area contributed by atoms with Crippen LogP contribution >= 0.6 is 0 Å². The van der Waals surface area contributed by atoms with E-state index < -0.39 is 0 Å². The van der Waals surface area contributed by atoms with Crippen molar-refractivity contribution in [1.82, 2.24) is 10.2 Å². The maximum atomic E-state index is 12.5. The molecule has 0 unspecified atom stereocenters. The fourth-order valence-corrected chi connectivity index (χ4v) is 5.08. The third kappa shape index (κ3) is 4.95. The van der Waals surface area contributed by atoms with Gasteiger partial charge < -0.3 is 19.7 Å².